The van der Waals surface area contributed by atoms with E-state index < -0.39 is 0 Å². The number of aliphatic hydroxyl groups excluding tert-OH is 1. The van der Waals surface area contributed by atoms with Crippen molar-refractivity contribution in [3.05, 3.63) is 52.6 Å². The number of pyridine rings is 1. The summed E-state index contributed by atoms with van der Waals surface area (Å²) in [7, 11) is 0. The molecule has 110 valence electrons. The lowest BCUT2D eigenvalue weighted by Crippen LogP contribution is -2.34. The molecule has 0 saturated carbocycles. The van der Waals surface area contributed by atoms with Crippen molar-refractivity contribution in [3.8, 4) is 11.6 Å². The normalized spacial score (nSPS) is 11.8. The average Bonchev–Trinajstić information content (AvgIpc) is 2.47. The molecule has 1 heterocycles. The highest BCUT2D eigenvalue weighted by atomic mass is 79.9. The van der Waals surface area contributed by atoms with Crippen molar-refractivity contribution >= 4 is 21.8 Å². The maximum atomic E-state index is 11.8. The van der Waals surface area contributed by atoms with E-state index in [1.54, 1.807) is 19.1 Å². The maximum absolute atomic E-state index is 11.8. The van der Waals surface area contributed by atoms with Gasteiger partial charge in [-0.2, -0.15) is 0 Å². The van der Waals surface area contributed by atoms with Crippen LogP contribution in [0.2, 0.25) is 0 Å². The molecule has 1 amide bonds. The summed E-state index contributed by atoms with van der Waals surface area (Å²) in [6.45, 7) is 1.61. The second kappa shape index (κ2) is 7.19. The second-order valence-electron chi connectivity index (χ2n) is 4.50. The number of carbonyl (C=O) groups is 1. The van der Waals surface area contributed by atoms with E-state index >= 15 is 0 Å². The van der Waals surface area contributed by atoms with Crippen molar-refractivity contribution in [1.29, 1.82) is 0 Å². The molecule has 1 atom stereocenters. The van der Waals surface area contributed by atoms with E-state index in [1.807, 2.05) is 24.3 Å². The number of nitrogens with zero attached hydrogens (tertiary/aromatic N) is 1. The van der Waals surface area contributed by atoms with Crippen molar-refractivity contribution in [1.82, 2.24) is 10.3 Å². The molecule has 2 N–H and O–H groups in total. The van der Waals surface area contributed by atoms with Crippen molar-refractivity contribution in [3.63, 3.8) is 0 Å². The molecule has 1 unspecified atom stereocenters. The fraction of sp³-hybridized carbons (Fsp3) is 0.200. The Morgan fingerprint density at radius 1 is 1.43 bits per heavy atom. The van der Waals surface area contributed by atoms with Crippen LogP contribution in [-0.4, -0.2) is 28.6 Å². The molecule has 0 bridgehead atoms. The van der Waals surface area contributed by atoms with Gasteiger partial charge in [-0.15, -0.1) is 0 Å². The Bertz CT molecular complexity index is 617. The van der Waals surface area contributed by atoms with Crippen LogP contribution in [-0.2, 0) is 0 Å². The zero-order valence-corrected chi connectivity index (χ0v) is 13.0. The molecule has 21 heavy (non-hydrogen) atoms. The Kier molecular flexibility index (Phi) is 5.30. The van der Waals surface area contributed by atoms with Gasteiger partial charge in [-0.05, 0) is 31.2 Å². The lowest BCUT2D eigenvalue weighted by molar-refractivity contribution is 0.0922. The number of aromatic nitrogens is 1. The predicted octanol–water partition coefficient (Wildman–Crippen LogP) is 2.75. The van der Waals surface area contributed by atoms with Gasteiger partial charge in [0.2, 0.25) is 5.88 Å². The smallest absolute Gasteiger partial charge is 0.253 e. The first-order valence-corrected chi connectivity index (χ1v) is 7.19. The molecule has 1 aromatic carbocycles. The molecule has 0 aliphatic heterocycles. The van der Waals surface area contributed by atoms with Crippen LogP contribution >= 0.6 is 15.9 Å². The summed E-state index contributed by atoms with van der Waals surface area (Å²) in [6, 6.07) is 10.4. The Labute approximate surface area is 131 Å². The third kappa shape index (κ3) is 4.54. The van der Waals surface area contributed by atoms with Crippen LogP contribution in [0.4, 0.5) is 0 Å². The molecular weight excluding hydrogens is 336 g/mol. The van der Waals surface area contributed by atoms with Crippen LogP contribution in [0.1, 0.15) is 17.3 Å². The number of hydrogen-bond acceptors (Lipinski definition) is 4. The average molecular weight is 351 g/mol. The number of rotatable bonds is 5. The van der Waals surface area contributed by atoms with Gasteiger partial charge >= 0.3 is 0 Å². The van der Waals surface area contributed by atoms with Gasteiger partial charge in [0, 0.05) is 22.8 Å². The molecule has 2 rings (SSSR count). The molecule has 0 radical (unpaired) electrons. The van der Waals surface area contributed by atoms with Gasteiger partial charge in [-0.3, -0.25) is 4.79 Å². The molecule has 0 aliphatic rings. The highest BCUT2D eigenvalue weighted by Gasteiger charge is 2.09. The molecule has 0 aliphatic carbocycles. The third-order valence-corrected chi connectivity index (χ3v) is 3.16. The summed E-state index contributed by atoms with van der Waals surface area (Å²) in [5.41, 5.74) is 0.414. The van der Waals surface area contributed by atoms with E-state index in [4.69, 9.17) is 9.84 Å². The minimum Gasteiger partial charge on any atom is -0.439 e. The number of halogens is 1. The molecule has 0 saturated heterocycles. The van der Waals surface area contributed by atoms with Gasteiger partial charge in [0.25, 0.3) is 5.91 Å². The SMILES string of the molecule is CC(CO)NC(=O)c1ccc(Oc2cccc(Br)c2)nc1. The van der Waals surface area contributed by atoms with E-state index in [2.05, 4.69) is 26.2 Å². The standard InChI is InChI=1S/C15H15BrN2O3/c1-10(9-19)18-15(20)11-5-6-14(17-8-11)21-13-4-2-3-12(16)7-13/h2-8,10,19H,9H2,1H3,(H,18,20). The highest BCUT2D eigenvalue weighted by Crippen LogP contribution is 2.22. The summed E-state index contributed by atoms with van der Waals surface area (Å²) in [6.07, 6.45) is 1.44. The Morgan fingerprint density at radius 3 is 2.86 bits per heavy atom. The van der Waals surface area contributed by atoms with Crippen molar-refractivity contribution in [2.24, 2.45) is 0 Å². The number of aliphatic hydroxyl groups is 1. The number of nitrogens with one attached hydrogen (secondary N) is 1. The van der Waals surface area contributed by atoms with Crippen molar-refractivity contribution in [2.45, 2.75) is 13.0 Å². The fourth-order valence-corrected chi connectivity index (χ4v) is 1.96. The third-order valence-electron chi connectivity index (χ3n) is 2.67. The van der Waals surface area contributed by atoms with Gasteiger partial charge in [0.1, 0.15) is 5.75 Å². The fourth-order valence-electron chi connectivity index (χ4n) is 1.58. The molecule has 1 aromatic heterocycles. The van der Waals surface area contributed by atoms with E-state index in [1.165, 1.54) is 6.20 Å². The summed E-state index contributed by atoms with van der Waals surface area (Å²) in [4.78, 5) is 15.9. The first kappa shape index (κ1) is 15.5. The number of amides is 1. The lowest BCUT2D eigenvalue weighted by atomic mass is 10.2. The predicted molar refractivity (Wildman–Crippen MR) is 82.5 cm³/mol. The van der Waals surface area contributed by atoms with E-state index in [-0.39, 0.29) is 18.6 Å². The molecule has 5 nitrogen and oxygen atoms in total. The van der Waals surface area contributed by atoms with Crippen LogP contribution in [0.3, 0.4) is 0 Å². The molecule has 2 aromatic rings. The molecule has 0 fully saturated rings. The molecule has 6 heteroatoms. The van der Waals surface area contributed by atoms with Crippen LogP contribution in [0.5, 0.6) is 11.6 Å². The number of hydrogen-bond donors (Lipinski definition) is 2. The zero-order chi connectivity index (χ0) is 15.2. The minimum absolute atomic E-state index is 0.108. The van der Waals surface area contributed by atoms with Crippen LogP contribution in [0.15, 0.2) is 47.1 Å². The minimum atomic E-state index is -0.296. The van der Waals surface area contributed by atoms with Crippen molar-refractivity contribution < 1.29 is 14.6 Å². The van der Waals surface area contributed by atoms with Gasteiger partial charge < -0.3 is 15.2 Å². The van der Waals surface area contributed by atoms with E-state index in [0.29, 0.717) is 17.2 Å². The zero-order valence-electron chi connectivity index (χ0n) is 11.4. The van der Waals surface area contributed by atoms with E-state index in [0.717, 1.165) is 4.47 Å². The summed E-state index contributed by atoms with van der Waals surface area (Å²) >= 11 is 3.36. The first-order valence-electron chi connectivity index (χ1n) is 6.39. The lowest BCUT2D eigenvalue weighted by Gasteiger charge is -2.10. The topological polar surface area (TPSA) is 71.5 Å². The van der Waals surface area contributed by atoms with Crippen LogP contribution in [0, 0.1) is 0 Å². The Morgan fingerprint density at radius 2 is 2.24 bits per heavy atom. The summed E-state index contributed by atoms with van der Waals surface area (Å²) in [5.74, 6) is 0.779. The van der Waals surface area contributed by atoms with E-state index in [9.17, 15) is 4.79 Å². The highest BCUT2D eigenvalue weighted by molar-refractivity contribution is 9.10. The summed E-state index contributed by atoms with van der Waals surface area (Å²) in [5, 5.41) is 11.6. The number of carbonyl (C=O) groups excluding carboxylic acids is 1. The van der Waals surface area contributed by atoms with Gasteiger partial charge in [0.05, 0.1) is 12.2 Å². The number of benzene rings is 1. The quantitative estimate of drug-likeness (QED) is 0.869. The van der Waals surface area contributed by atoms with Crippen LogP contribution in [0.25, 0.3) is 0 Å². The molecular formula is C15H15BrN2O3. The second-order valence-corrected chi connectivity index (χ2v) is 5.42. The summed E-state index contributed by atoms with van der Waals surface area (Å²) < 4.78 is 6.49. The Balaban J connectivity index is 2.03. The van der Waals surface area contributed by atoms with Crippen molar-refractivity contribution in [2.75, 3.05) is 6.61 Å². The van der Waals surface area contributed by atoms with Crippen LogP contribution < -0.4 is 10.1 Å². The molecule has 0 spiro atoms. The van der Waals surface area contributed by atoms with Gasteiger partial charge in [-0.1, -0.05) is 22.0 Å². The maximum Gasteiger partial charge on any atom is 0.253 e. The number of ether oxygens (including phenoxy) is 1. The largest absolute Gasteiger partial charge is 0.439 e. The Hall–Kier alpha value is -1.92. The van der Waals surface area contributed by atoms with Gasteiger partial charge in [-0.25, -0.2) is 4.98 Å². The van der Waals surface area contributed by atoms with Gasteiger partial charge in [0.15, 0.2) is 0 Å². The first-order chi connectivity index (χ1) is 10.1. The monoisotopic (exact) mass is 350 g/mol.